The molecule has 1 aromatic carbocycles. The van der Waals surface area contributed by atoms with E-state index < -0.39 is 0 Å². The van der Waals surface area contributed by atoms with Crippen molar-refractivity contribution in [2.75, 3.05) is 4.90 Å². The molecule has 2 aromatic rings. The van der Waals surface area contributed by atoms with E-state index in [4.69, 9.17) is 0 Å². The highest BCUT2D eigenvalue weighted by Gasteiger charge is 2.34. The number of amides is 1. The van der Waals surface area contributed by atoms with Gasteiger partial charge in [-0.05, 0) is 56.0 Å². The number of anilines is 1. The highest BCUT2D eigenvalue weighted by atomic mass is 16.2. The molecular formula is C17H18N2O. The van der Waals surface area contributed by atoms with E-state index in [1.165, 1.54) is 0 Å². The van der Waals surface area contributed by atoms with E-state index in [1.54, 1.807) is 6.20 Å². The maximum absolute atomic E-state index is 12.8. The summed E-state index contributed by atoms with van der Waals surface area (Å²) in [6, 6.07) is 12.1. The van der Waals surface area contributed by atoms with Gasteiger partial charge in [-0.1, -0.05) is 18.2 Å². The average molecular weight is 266 g/mol. The molecular weight excluding hydrogens is 248 g/mol. The summed E-state index contributed by atoms with van der Waals surface area (Å²) < 4.78 is 0. The lowest BCUT2D eigenvalue weighted by atomic mass is 10.1. The number of carbonyl (C=O) groups is 1. The van der Waals surface area contributed by atoms with Crippen molar-refractivity contribution in [3.8, 4) is 0 Å². The maximum atomic E-state index is 12.8. The molecule has 0 atom stereocenters. The van der Waals surface area contributed by atoms with Gasteiger partial charge in [-0.3, -0.25) is 9.78 Å². The van der Waals surface area contributed by atoms with Crippen molar-refractivity contribution in [2.24, 2.45) is 0 Å². The predicted octanol–water partition coefficient (Wildman–Crippen LogP) is 3.51. The minimum atomic E-state index is 0.00167. The molecule has 1 fully saturated rings. The highest BCUT2D eigenvalue weighted by molar-refractivity contribution is 6.05. The number of rotatable bonds is 3. The summed E-state index contributed by atoms with van der Waals surface area (Å²) in [6.07, 6.45) is 3.93. The Morgan fingerprint density at radius 2 is 1.85 bits per heavy atom. The molecule has 1 amide bonds. The summed E-state index contributed by atoms with van der Waals surface area (Å²) in [5, 5.41) is 0. The van der Waals surface area contributed by atoms with Gasteiger partial charge in [0.2, 0.25) is 0 Å². The smallest absolute Gasteiger partial charge is 0.277 e. The van der Waals surface area contributed by atoms with Crippen LogP contribution in [-0.2, 0) is 0 Å². The molecule has 1 saturated carbocycles. The summed E-state index contributed by atoms with van der Waals surface area (Å²) in [5.74, 6) is 0.00167. The second kappa shape index (κ2) is 5.08. The zero-order valence-electron chi connectivity index (χ0n) is 11.8. The molecule has 1 aromatic heterocycles. The van der Waals surface area contributed by atoms with Crippen LogP contribution < -0.4 is 4.90 Å². The predicted molar refractivity (Wildman–Crippen MR) is 80.0 cm³/mol. The number of hydrogen-bond donors (Lipinski definition) is 0. The summed E-state index contributed by atoms with van der Waals surface area (Å²) in [7, 11) is 0. The van der Waals surface area contributed by atoms with Gasteiger partial charge in [0.15, 0.2) is 0 Å². The Bertz CT molecular complexity index is 633. The Morgan fingerprint density at radius 1 is 1.15 bits per heavy atom. The molecule has 20 heavy (non-hydrogen) atoms. The first kappa shape index (κ1) is 12.9. The van der Waals surface area contributed by atoms with Gasteiger partial charge >= 0.3 is 0 Å². The SMILES string of the molecule is Cc1cnc(C(=O)N(c2ccccc2)C2CC2)cc1C. The Kier molecular flexibility index (Phi) is 3.26. The summed E-state index contributed by atoms with van der Waals surface area (Å²) in [6.45, 7) is 4.02. The van der Waals surface area contributed by atoms with Gasteiger partial charge in [0, 0.05) is 17.9 Å². The van der Waals surface area contributed by atoms with E-state index in [2.05, 4.69) is 4.98 Å². The van der Waals surface area contributed by atoms with Gasteiger partial charge in [-0.25, -0.2) is 0 Å². The molecule has 0 bridgehead atoms. The van der Waals surface area contributed by atoms with E-state index in [0.29, 0.717) is 11.7 Å². The summed E-state index contributed by atoms with van der Waals surface area (Å²) in [4.78, 5) is 18.9. The van der Waals surface area contributed by atoms with E-state index in [9.17, 15) is 4.79 Å². The first-order chi connectivity index (χ1) is 9.66. The fraction of sp³-hybridized carbons (Fsp3) is 0.294. The largest absolute Gasteiger partial charge is 0.304 e. The van der Waals surface area contributed by atoms with E-state index in [0.717, 1.165) is 29.7 Å². The molecule has 0 spiro atoms. The first-order valence-electron chi connectivity index (χ1n) is 6.98. The normalized spacial score (nSPS) is 14.1. The molecule has 0 radical (unpaired) electrons. The maximum Gasteiger partial charge on any atom is 0.277 e. The highest BCUT2D eigenvalue weighted by Crippen LogP contribution is 2.32. The lowest BCUT2D eigenvalue weighted by Gasteiger charge is -2.22. The molecule has 0 unspecified atom stereocenters. The quantitative estimate of drug-likeness (QED) is 0.851. The number of aromatic nitrogens is 1. The second-order valence-corrected chi connectivity index (χ2v) is 5.40. The van der Waals surface area contributed by atoms with Crippen molar-refractivity contribution in [1.82, 2.24) is 4.98 Å². The summed E-state index contributed by atoms with van der Waals surface area (Å²) >= 11 is 0. The van der Waals surface area contributed by atoms with Crippen LogP contribution in [0, 0.1) is 13.8 Å². The van der Waals surface area contributed by atoms with Gasteiger partial charge in [-0.2, -0.15) is 0 Å². The van der Waals surface area contributed by atoms with Crippen LogP contribution >= 0.6 is 0 Å². The van der Waals surface area contributed by atoms with Gasteiger partial charge in [-0.15, -0.1) is 0 Å². The number of benzene rings is 1. The Labute approximate surface area is 119 Å². The van der Waals surface area contributed by atoms with Crippen molar-refractivity contribution in [3.05, 3.63) is 59.4 Å². The Hall–Kier alpha value is -2.16. The number of carbonyl (C=O) groups excluding carboxylic acids is 1. The van der Waals surface area contributed by atoms with Crippen LogP contribution in [0.2, 0.25) is 0 Å². The minimum absolute atomic E-state index is 0.00167. The fourth-order valence-corrected chi connectivity index (χ4v) is 2.28. The van der Waals surface area contributed by atoms with Gasteiger partial charge in [0.05, 0.1) is 0 Å². The van der Waals surface area contributed by atoms with E-state index in [-0.39, 0.29) is 5.91 Å². The third-order valence-electron chi connectivity index (χ3n) is 3.76. The molecule has 1 aliphatic carbocycles. The molecule has 3 heteroatoms. The average Bonchev–Trinajstić information content (AvgIpc) is 3.28. The van der Waals surface area contributed by atoms with Crippen LogP contribution in [0.1, 0.15) is 34.5 Å². The van der Waals surface area contributed by atoms with Crippen molar-refractivity contribution >= 4 is 11.6 Å². The lowest BCUT2D eigenvalue weighted by Crippen LogP contribution is -2.33. The number of para-hydroxylation sites is 1. The molecule has 102 valence electrons. The van der Waals surface area contributed by atoms with Crippen LogP contribution in [0.5, 0.6) is 0 Å². The zero-order valence-corrected chi connectivity index (χ0v) is 11.8. The van der Waals surface area contributed by atoms with Crippen molar-refractivity contribution in [2.45, 2.75) is 32.7 Å². The standard InChI is InChI=1S/C17H18N2O/c1-12-10-16(18-11-13(12)2)17(20)19(15-8-9-15)14-6-4-3-5-7-14/h3-7,10-11,15H,8-9H2,1-2H3. The first-order valence-corrected chi connectivity index (χ1v) is 6.98. The van der Waals surface area contributed by atoms with Crippen LogP contribution in [0.3, 0.4) is 0 Å². The molecule has 0 aliphatic heterocycles. The van der Waals surface area contributed by atoms with Gasteiger partial charge < -0.3 is 4.90 Å². The molecule has 1 heterocycles. The third kappa shape index (κ3) is 2.44. The number of nitrogens with zero attached hydrogens (tertiary/aromatic N) is 2. The Balaban J connectivity index is 1.95. The molecule has 0 saturated heterocycles. The van der Waals surface area contributed by atoms with Crippen molar-refractivity contribution in [3.63, 3.8) is 0 Å². The zero-order chi connectivity index (χ0) is 14.1. The topological polar surface area (TPSA) is 33.2 Å². The van der Waals surface area contributed by atoms with E-state index >= 15 is 0 Å². The van der Waals surface area contributed by atoms with Crippen molar-refractivity contribution < 1.29 is 4.79 Å². The molecule has 0 N–H and O–H groups in total. The summed E-state index contributed by atoms with van der Waals surface area (Å²) in [5.41, 5.74) is 3.70. The van der Waals surface area contributed by atoms with Crippen molar-refractivity contribution in [1.29, 1.82) is 0 Å². The number of hydrogen-bond acceptors (Lipinski definition) is 2. The number of pyridine rings is 1. The molecule has 1 aliphatic rings. The monoisotopic (exact) mass is 266 g/mol. The van der Waals surface area contributed by atoms with Crippen LogP contribution in [0.4, 0.5) is 5.69 Å². The lowest BCUT2D eigenvalue weighted by molar-refractivity contribution is 0.0980. The van der Waals surface area contributed by atoms with E-state index in [1.807, 2.05) is 55.1 Å². The fourth-order valence-electron chi connectivity index (χ4n) is 2.28. The van der Waals surface area contributed by atoms with Crippen LogP contribution in [-0.4, -0.2) is 16.9 Å². The number of aryl methyl sites for hydroxylation is 2. The van der Waals surface area contributed by atoms with Crippen LogP contribution in [0.25, 0.3) is 0 Å². The minimum Gasteiger partial charge on any atom is -0.304 e. The van der Waals surface area contributed by atoms with Gasteiger partial charge in [0.25, 0.3) is 5.91 Å². The second-order valence-electron chi connectivity index (χ2n) is 5.40. The van der Waals surface area contributed by atoms with Crippen LogP contribution in [0.15, 0.2) is 42.6 Å². The Morgan fingerprint density at radius 3 is 2.45 bits per heavy atom. The molecule has 3 nitrogen and oxygen atoms in total. The third-order valence-corrected chi connectivity index (χ3v) is 3.76. The molecule has 3 rings (SSSR count). The van der Waals surface area contributed by atoms with Gasteiger partial charge in [0.1, 0.15) is 5.69 Å².